The van der Waals surface area contributed by atoms with Gasteiger partial charge in [-0.1, -0.05) is 72.8 Å². The summed E-state index contributed by atoms with van der Waals surface area (Å²) in [5.41, 5.74) is 3.45. The zero-order valence-electron chi connectivity index (χ0n) is 18.4. The Morgan fingerprint density at radius 2 is 1.61 bits per heavy atom. The molecule has 0 bridgehead atoms. The first-order valence-electron chi connectivity index (χ1n) is 11.1. The van der Waals surface area contributed by atoms with Crippen molar-refractivity contribution in [3.05, 3.63) is 102 Å². The molecule has 170 valence electrons. The topological polar surface area (TPSA) is 78.9 Å². The highest BCUT2D eigenvalue weighted by Gasteiger charge is 2.34. The standard InChI is InChI=1S/C27H28N2O4/c30-25(16-11-20-7-3-1-4-8-20)28-23-14-12-22(13-15-23)27(32)24-18-33-19-26(31)29(24)17-21-9-5-2-6-10-21/h1-10,12-15,24,27,32H,11,16-19H2,(H,28,30). The van der Waals surface area contributed by atoms with Crippen LogP contribution in [0, 0.1) is 0 Å². The lowest BCUT2D eigenvalue weighted by Crippen LogP contribution is -2.51. The molecule has 2 amide bonds. The molecule has 2 N–H and O–H groups in total. The van der Waals surface area contributed by atoms with Crippen LogP contribution in [0.2, 0.25) is 0 Å². The quantitative estimate of drug-likeness (QED) is 0.555. The van der Waals surface area contributed by atoms with E-state index in [1.807, 2.05) is 60.7 Å². The van der Waals surface area contributed by atoms with Crippen molar-refractivity contribution in [2.24, 2.45) is 0 Å². The Labute approximate surface area is 193 Å². The second kappa shape index (κ2) is 10.9. The van der Waals surface area contributed by atoms with Crippen LogP contribution in [0.25, 0.3) is 0 Å². The van der Waals surface area contributed by atoms with E-state index in [-0.39, 0.29) is 25.0 Å². The Hall–Kier alpha value is -3.48. The highest BCUT2D eigenvalue weighted by Crippen LogP contribution is 2.26. The van der Waals surface area contributed by atoms with E-state index in [2.05, 4.69) is 5.32 Å². The normalized spacial score (nSPS) is 16.9. The van der Waals surface area contributed by atoms with Crippen molar-refractivity contribution in [3.63, 3.8) is 0 Å². The summed E-state index contributed by atoms with van der Waals surface area (Å²) in [6.45, 7) is 0.696. The second-order valence-corrected chi connectivity index (χ2v) is 8.19. The maximum absolute atomic E-state index is 12.5. The Kier molecular flexibility index (Phi) is 7.50. The van der Waals surface area contributed by atoms with Crippen molar-refractivity contribution in [2.75, 3.05) is 18.5 Å². The molecule has 0 aromatic heterocycles. The predicted molar refractivity (Wildman–Crippen MR) is 126 cm³/mol. The molecule has 1 fully saturated rings. The Morgan fingerprint density at radius 3 is 2.27 bits per heavy atom. The van der Waals surface area contributed by atoms with Gasteiger partial charge in [0, 0.05) is 18.7 Å². The summed E-state index contributed by atoms with van der Waals surface area (Å²) in [5.74, 6) is -0.205. The van der Waals surface area contributed by atoms with E-state index in [1.165, 1.54) is 0 Å². The van der Waals surface area contributed by atoms with Crippen LogP contribution in [0.15, 0.2) is 84.9 Å². The van der Waals surface area contributed by atoms with E-state index < -0.39 is 12.1 Å². The zero-order chi connectivity index (χ0) is 23.0. The molecule has 0 radical (unpaired) electrons. The number of hydrogen-bond acceptors (Lipinski definition) is 4. The minimum absolute atomic E-state index is 0.0179. The number of carbonyl (C=O) groups is 2. The number of anilines is 1. The SMILES string of the molecule is O=C(CCc1ccccc1)Nc1ccc(C(O)C2COCC(=O)N2Cc2ccccc2)cc1. The molecular weight excluding hydrogens is 416 g/mol. The van der Waals surface area contributed by atoms with E-state index in [0.717, 1.165) is 11.1 Å². The van der Waals surface area contributed by atoms with Crippen LogP contribution < -0.4 is 5.32 Å². The van der Waals surface area contributed by atoms with Crippen LogP contribution in [-0.2, 0) is 27.3 Å². The Bertz CT molecular complexity index is 1050. The molecule has 2 atom stereocenters. The lowest BCUT2D eigenvalue weighted by molar-refractivity contribution is -0.155. The number of aliphatic hydroxyl groups excluding tert-OH is 1. The fraction of sp³-hybridized carbons (Fsp3) is 0.259. The number of hydrogen-bond donors (Lipinski definition) is 2. The molecule has 1 aliphatic heterocycles. The van der Waals surface area contributed by atoms with Crippen molar-refractivity contribution in [3.8, 4) is 0 Å². The summed E-state index contributed by atoms with van der Waals surface area (Å²) < 4.78 is 5.44. The van der Waals surface area contributed by atoms with Gasteiger partial charge in [-0.15, -0.1) is 0 Å². The smallest absolute Gasteiger partial charge is 0.249 e. The summed E-state index contributed by atoms with van der Waals surface area (Å²) in [7, 11) is 0. The van der Waals surface area contributed by atoms with Gasteiger partial charge >= 0.3 is 0 Å². The minimum atomic E-state index is -0.902. The molecule has 0 saturated carbocycles. The van der Waals surface area contributed by atoms with Crippen LogP contribution in [0.4, 0.5) is 5.69 Å². The van der Waals surface area contributed by atoms with Gasteiger partial charge in [0.1, 0.15) is 12.7 Å². The third-order valence-electron chi connectivity index (χ3n) is 5.81. The van der Waals surface area contributed by atoms with E-state index in [9.17, 15) is 14.7 Å². The molecule has 1 aliphatic rings. The molecule has 0 aliphatic carbocycles. The first-order valence-corrected chi connectivity index (χ1v) is 11.1. The van der Waals surface area contributed by atoms with E-state index in [4.69, 9.17) is 4.74 Å². The number of nitrogens with zero attached hydrogens (tertiary/aromatic N) is 1. The number of rotatable bonds is 8. The average Bonchev–Trinajstić information content (AvgIpc) is 2.85. The molecule has 6 nitrogen and oxygen atoms in total. The molecule has 1 saturated heterocycles. The predicted octanol–water partition coefficient (Wildman–Crippen LogP) is 3.72. The first kappa shape index (κ1) is 22.7. The van der Waals surface area contributed by atoms with E-state index in [0.29, 0.717) is 30.6 Å². The summed E-state index contributed by atoms with van der Waals surface area (Å²) in [6.07, 6.45) is 0.168. The Balaban J connectivity index is 1.37. The van der Waals surface area contributed by atoms with Gasteiger partial charge in [0.2, 0.25) is 11.8 Å². The van der Waals surface area contributed by atoms with Gasteiger partial charge in [-0.25, -0.2) is 0 Å². The number of carbonyl (C=O) groups excluding carboxylic acids is 2. The van der Waals surface area contributed by atoms with E-state index >= 15 is 0 Å². The summed E-state index contributed by atoms with van der Waals surface area (Å²) >= 11 is 0. The van der Waals surface area contributed by atoms with Crippen molar-refractivity contribution < 1.29 is 19.4 Å². The lowest BCUT2D eigenvalue weighted by Gasteiger charge is -2.38. The van der Waals surface area contributed by atoms with Gasteiger partial charge < -0.3 is 20.1 Å². The molecule has 33 heavy (non-hydrogen) atoms. The molecule has 3 aromatic rings. The molecule has 1 heterocycles. The van der Waals surface area contributed by atoms with Gasteiger partial charge in [-0.3, -0.25) is 9.59 Å². The summed E-state index contributed by atoms with van der Waals surface area (Å²) in [5, 5.41) is 13.9. The number of amides is 2. The number of aryl methyl sites for hydroxylation is 1. The van der Waals surface area contributed by atoms with Crippen molar-refractivity contribution in [1.82, 2.24) is 4.90 Å². The number of benzene rings is 3. The fourth-order valence-corrected chi connectivity index (χ4v) is 3.98. The molecule has 2 unspecified atom stereocenters. The molecule has 0 spiro atoms. The number of morpholine rings is 1. The number of aliphatic hydroxyl groups is 1. The third-order valence-corrected chi connectivity index (χ3v) is 5.81. The van der Waals surface area contributed by atoms with Crippen LogP contribution in [-0.4, -0.2) is 41.1 Å². The lowest BCUT2D eigenvalue weighted by atomic mass is 9.99. The summed E-state index contributed by atoms with van der Waals surface area (Å²) in [6, 6.07) is 26.2. The summed E-state index contributed by atoms with van der Waals surface area (Å²) in [4.78, 5) is 26.5. The molecule has 4 rings (SSSR count). The first-order chi connectivity index (χ1) is 16.1. The fourth-order valence-electron chi connectivity index (χ4n) is 3.98. The van der Waals surface area contributed by atoms with Gasteiger partial charge in [-0.05, 0) is 35.2 Å². The van der Waals surface area contributed by atoms with Crippen LogP contribution >= 0.6 is 0 Å². The van der Waals surface area contributed by atoms with E-state index in [1.54, 1.807) is 29.2 Å². The largest absolute Gasteiger partial charge is 0.386 e. The maximum atomic E-state index is 12.5. The van der Waals surface area contributed by atoms with Crippen molar-refractivity contribution >= 4 is 17.5 Å². The molecule has 6 heteroatoms. The molecular formula is C27H28N2O4. The number of ether oxygens (including phenoxy) is 1. The third kappa shape index (κ3) is 6.06. The van der Waals surface area contributed by atoms with Crippen LogP contribution in [0.1, 0.15) is 29.2 Å². The molecule has 3 aromatic carbocycles. The van der Waals surface area contributed by atoms with Crippen LogP contribution in [0.5, 0.6) is 0 Å². The maximum Gasteiger partial charge on any atom is 0.249 e. The second-order valence-electron chi connectivity index (χ2n) is 8.19. The highest BCUT2D eigenvalue weighted by atomic mass is 16.5. The van der Waals surface area contributed by atoms with Gasteiger partial charge in [0.25, 0.3) is 0 Å². The monoisotopic (exact) mass is 444 g/mol. The van der Waals surface area contributed by atoms with Gasteiger partial charge in [-0.2, -0.15) is 0 Å². The average molecular weight is 445 g/mol. The van der Waals surface area contributed by atoms with Gasteiger partial charge in [0.05, 0.1) is 12.6 Å². The van der Waals surface area contributed by atoms with Crippen molar-refractivity contribution in [2.45, 2.75) is 31.5 Å². The minimum Gasteiger partial charge on any atom is -0.386 e. The highest BCUT2D eigenvalue weighted by molar-refractivity contribution is 5.90. The van der Waals surface area contributed by atoms with Crippen LogP contribution in [0.3, 0.4) is 0 Å². The number of nitrogens with one attached hydrogen (secondary N) is 1. The zero-order valence-corrected chi connectivity index (χ0v) is 18.4. The van der Waals surface area contributed by atoms with Crippen molar-refractivity contribution in [1.29, 1.82) is 0 Å². The van der Waals surface area contributed by atoms with Gasteiger partial charge in [0.15, 0.2) is 0 Å². The Morgan fingerprint density at radius 1 is 0.970 bits per heavy atom.